The Balaban J connectivity index is 2.15. The summed E-state index contributed by atoms with van der Waals surface area (Å²) in [4.78, 5) is 10.4. The normalized spacial score (nSPS) is 23.2. The molecule has 2 rings (SSSR count). The SMILES string of the molecule is NC1CCCCN1c1cnccn1. The van der Waals surface area contributed by atoms with E-state index in [9.17, 15) is 0 Å². The van der Waals surface area contributed by atoms with E-state index in [0.717, 1.165) is 18.8 Å². The minimum Gasteiger partial charge on any atom is -0.340 e. The Morgan fingerprint density at radius 2 is 2.31 bits per heavy atom. The molecule has 0 radical (unpaired) electrons. The van der Waals surface area contributed by atoms with Crippen molar-refractivity contribution in [2.45, 2.75) is 25.4 Å². The van der Waals surface area contributed by atoms with E-state index in [-0.39, 0.29) is 6.17 Å². The summed E-state index contributed by atoms with van der Waals surface area (Å²) >= 11 is 0. The van der Waals surface area contributed by atoms with Crippen molar-refractivity contribution in [3.05, 3.63) is 18.6 Å². The topological polar surface area (TPSA) is 55.0 Å². The molecule has 13 heavy (non-hydrogen) atoms. The Morgan fingerprint density at radius 1 is 1.38 bits per heavy atom. The fourth-order valence-corrected chi connectivity index (χ4v) is 1.68. The zero-order chi connectivity index (χ0) is 9.10. The molecule has 70 valence electrons. The maximum absolute atomic E-state index is 5.97. The van der Waals surface area contributed by atoms with Gasteiger partial charge in [0, 0.05) is 18.9 Å². The van der Waals surface area contributed by atoms with Crippen molar-refractivity contribution in [3.63, 3.8) is 0 Å². The molecule has 4 nitrogen and oxygen atoms in total. The number of anilines is 1. The standard InChI is InChI=1S/C9H14N4/c10-8-3-1-2-6-13(8)9-7-11-4-5-12-9/h4-5,7-8H,1-3,6,10H2. The van der Waals surface area contributed by atoms with Gasteiger partial charge in [0.05, 0.1) is 12.4 Å². The van der Waals surface area contributed by atoms with Crippen LogP contribution in [0.1, 0.15) is 19.3 Å². The van der Waals surface area contributed by atoms with E-state index in [4.69, 9.17) is 5.73 Å². The monoisotopic (exact) mass is 178 g/mol. The predicted octanol–water partition coefficient (Wildman–Crippen LogP) is 0.752. The quantitative estimate of drug-likeness (QED) is 0.689. The van der Waals surface area contributed by atoms with Crippen LogP contribution in [0, 0.1) is 0 Å². The number of hydrogen-bond donors (Lipinski definition) is 1. The van der Waals surface area contributed by atoms with Gasteiger partial charge < -0.3 is 10.6 Å². The first-order valence-electron chi connectivity index (χ1n) is 4.66. The number of hydrogen-bond acceptors (Lipinski definition) is 4. The molecule has 2 N–H and O–H groups in total. The second-order valence-corrected chi connectivity index (χ2v) is 3.32. The lowest BCUT2D eigenvalue weighted by Crippen LogP contribution is -2.45. The van der Waals surface area contributed by atoms with E-state index in [1.807, 2.05) is 0 Å². The maximum atomic E-state index is 5.97. The Hall–Kier alpha value is -1.16. The molecule has 1 aromatic heterocycles. The summed E-state index contributed by atoms with van der Waals surface area (Å²) in [6.07, 6.45) is 8.74. The van der Waals surface area contributed by atoms with Gasteiger partial charge in [0.2, 0.25) is 0 Å². The zero-order valence-electron chi connectivity index (χ0n) is 7.56. The lowest BCUT2D eigenvalue weighted by molar-refractivity contribution is 0.466. The van der Waals surface area contributed by atoms with Crippen LogP contribution in [0.3, 0.4) is 0 Å². The highest BCUT2D eigenvalue weighted by Gasteiger charge is 2.19. The molecule has 1 aliphatic heterocycles. The van der Waals surface area contributed by atoms with Crippen molar-refractivity contribution in [3.8, 4) is 0 Å². The summed E-state index contributed by atoms with van der Waals surface area (Å²) in [6, 6.07) is 0. The molecular weight excluding hydrogens is 164 g/mol. The summed E-state index contributed by atoms with van der Waals surface area (Å²) in [7, 11) is 0. The van der Waals surface area contributed by atoms with E-state index < -0.39 is 0 Å². The van der Waals surface area contributed by atoms with Crippen LogP contribution in [0.2, 0.25) is 0 Å². The van der Waals surface area contributed by atoms with Crippen LogP contribution in [0.4, 0.5) is 5.82 Å². The first kappa shape index (κ1) is 8.44. The highest BCUT2D eigenvalue weighted by molar-refractivity contribution is 5.36. The number of aromatic nitrogens is 2. The van der Waals surface area contributed by atoms with E-state index in [1.54, 1.807) is 18.6 Å². The lowest BCUT2D eigenvalue weighted by Gasteiger charge is -2.33. The van der Waals surface area contributed by atoms with E-state index in [0.29, 0.717) is 0 Å². The summed E-state index contributed by atoms with van der Waals surface area (Å²) < 4.78 is 0. The molecule has 1 aromatic rings. The maximum Gasteiger partial charge on any atom is 0.148 e. The first-order chi connectivity index (χ1) is 6.38. The van der Waals surface area contributed by atoms with E-state index >= 15 is 0 Å². The summed E-state index contributed by atoms with van der Waals surface area (Å²) in [5.41, 5.74) is 5.97. The molecule has 0 aliphatic carbocycles. The van der Waals surface area contributed by atoms with Crippen LogP contribution in [-0.4, -0.2) is 22.7 Å². The molecule has 1 aliphatic rings. The third-order valence-electron chi connectivity index (χ3n) is 2.39. The summed E-state index contributed by atoms with van der Waals surface area (Å²) in [6.45, 7) is 1.000. The molecule has 1 atom stereocenters. The zero-order valence-corrected chi connectivity index (χ0v) is 7.56. The van der Waals surface area contributed by atoms with Crippen molar-refractivity contribution < 1.29 is 0 Å². The smallest absolute Gasteiger partial charge is 0.148 e. The molecule has 4 heteroatoms. The minimum atomic E-state index is 0.116. The number of nitrogens with two attached hydrogens (primary N) is 1. The Kier molecular flexibility index (Phi) is 2.40. The second kappa shape index (κ2) is 3.70. The molecule has 0 spiro atoms. The average Bonchev–Trinajstić information content (AvgIpc) is 2.20. The van der Waals surface area contributed by atoms with Crippen LogP contribution in [0.25, 0.3) is 0 Å². The fraction of sp³-hybridized carbons (Fsp3) is 0.556. The molecule has 0 amide bonds. The van der Waals surface area contributed by atoms with Gasteiger partial charge in [0.15, 0.2) is 0 Å². The van der Waals surface area contributed by atoms with Crippen LogP contribution >= 0.6 is 0 Å². The first-order valence-corrected chi connectivity index (χ1v) is 4.66. The van der Waals surface area contributed by atoms with Gasteiger partial charge in [0.1, 0.15) is 5.82 Å². The average molecular weight is 178 g/mol. The van der Waals surface area contributed by atoms with Gasteiger partial charge in [0.25, 0.3) is 0 Å². The molecule has 2 heterocycles. The molecular formula is C9H14N4. The highest BCUT2D eigenvalue weighted by Crippen LogP contribution is 2.18. The van der Waals surface area contributed by atoms with Crippen molar-refractivity contribution in [1.29, 1.82) is 0 Å². The summed E-state index contributed by atoms with van der Waals surface area (Å²) in [5, 5.41) is 0. The van der Waals surface area contributed by atoms with Crippen LogP contribution in [0.15, 0.2) is 18.6 Å². The molecule has 1 unspecified atom stereocenters. The third kappa shape index (κ3) is 1.78. The van der Waals surface area contributed by atoms with E-state index in [2.05, 4.69) is 14.9 Å². The van der Waals surface area contributed by atoms with Gasteiger partial charge >= 0.3 is 0 Å². The third-order valence-corrected chi connectivity index (χ3v) is 2.39. The highest BCUT2D eigenvalue weighted by atomic mass is 15.3. The largest absolute Gasteiger partial charge is 0.340 e. The van der Waals surface area contributed by atoms with Crippen molar-refractivity contribution in [2.24, 2.45) is 5.73 Å². The molecule has 0 saturated carbocycles. The Labute approximate surface area is 77.8 Å². The van der Waals surface area contributed by atoms with Crippen molar-refractivity contribution >= 4 is 5.82 Å². The van der Waals surface area contributed by atoms with Gasteiger partial charge in [-0.25, -0.2) is 4.98 Å². The predicted molar refractivity (Wildman–Crippen MR) is 51.2 cm³/mol. The molecule has 1 fully saturated rings. The Morgan fingerprint density at radius 3 is 3.00 bits per heavy atom. The fourth-order valence-electron chi connectivity index (χ4n) is 1.68. The minimum absolute atomic E-state index is 0.116. The Bertz CT molecular complexity index is 262. The van der Waals surface area contributed by atoms with Crippen molar-refractivity contribution in [2.75, 3.05) is 11.4 Å². The van der Waals surface area contributed by atoms with E-state index in [1.165, 1.54) is 12.8 Å². The second-order valence-electron chi connectivity index (χ2n) is 3.32. The number of piperidine rings is 1. The van der Waals surface area contributed by atoms with Gasteiger partial charge in [-0.05, 0) is 19.3 Å². The van der Waals surface area contributed by atoms with Crippen LogP contribution in [0.5, 0.6) is 0 Å². The van der Waals surface area contributed by atoms with Crippen molar-refractivity contribution in [1.82, 2.24) is 9.97 Å². The van der Waals surface area contributed by atoms with Gasteiger partial charge in [-0.15, -0.1) is 0 Å². The molecule has 0 aromatic carbocycles. The molecule has 1 saturated heterocycles. The van der Waals surface area contributed by atoms with Gasteiger partial charge in [-0.3, -0.25) is 4.98 Å². The van der Waals surface area contributed by atoms with Gasteiger partial charge in [-0.2, -0.15) is 0 Å². The number of nitrogens with zero attached hydrogens (tertiary/aromatic N) is 3. The molecule has 0 bridgehead atoms. The lowest BCUT2D eigenvalue weighted by atomic mass is 10.1. The number of rotatable bonds is 1. The van der Waals surface area contributed by atoms with Crippen LogP contribution in [-0.2, 0) is 0 Å². The summed E-state index contributed by atoms with van der Waals surface area (Å²) in [5.74, 6) is 0.898. The van der Waals surface area contributed by atoms with Gasteiger partial charge in [-0.1, -0.05) is 0 Å². The van der Waals surface area contributed by atoms with Crippen LogP contribution < -0.4 is 10.6 Å².